The fourth-order valence-electron chi connectivity index (χ4n) is 2.48. The minimum absolute atomic E-state index is 0.0411. The van der Waals surface area contributed by atoms with E-state index in [2.05, 4.69) is 17.0 Å². The van der Waals surface area contributed by atoms with Crippen LogP contribution in [0.3, 0.4) is 0 Å². The van der Waals surface area contributed by atoms with Crippen LogP contribution in [0.5, 0.6) is 5.75 Å². The SMILES string of the molecule is CN1CC(Oc2cccc(-c3cc(C(=O)O)nn3C)c2)C1. The number of benzene rings is 1. The van der Waals surface area contributed by atoms with Gasteiger partial charge in [0, 0.05) is 25.7 Å². The van der Waals surface area contributed by atoms with Gasteiger partial charge >= 0.3 is 5.97 Å². The highest BCUT2D eigenvalue weighted by Gasteiger charge is 2.24. The number of nitrogens with zero attached hydrogens (tertiary/aromatic N) is 3. The number of hydrogen-bond acceptors (Lipinski definition) is 4. The Kier molecular flexibility index (Phi) is 3.39. The molecule has 2 heterocycles. The monoisotopic (exact) mass is 287 g/mol. The molecule has 0 atom stereocenters. The van der Waals surface area contributed by atoms with Crippen LogP contribution in [0.15, 0.2) is 30.3 Å². The topological polar surface area (TPSA) is 67.6 Å². The summed E-state index contributed by atoms with van der Waals surface area (Å²) in [7, 11) is 3.79. The third-order valence-corrected chi connectivity index (χ3v) is 3.56. The molecular weight excluding hydrogens is 270 g/mol. The van der Waals surface area contributed by atoms with Crippen molar-refractivity contribution >= 4 is 5.97 Å². The maximum Gasteiger partial charge on any atom is 0.356 e. The second-order valence-electron chi connectivity index (χ2n) is 5.33. The Bertz CT molecular complexity index is 675. The molecule has 0 saturated carbocycles. The first-order valence-corrected chi connectivity index (χ1v) is 6.76. The quantitative estimate of drug-likeness (QED) is 0.922. The minimum atomic E-state index is -1.03. The molecule has 1 aliphatic heterocycles. The number of rotatable bonds is 4. The van der Waals surface area contributed by atoms with Gasteiger partial charge in [0.05, 0.1) is 5.69 Å². The van der Waals surface area contributed by atoms with E-state index in [1.807, 2.05) is 24.3 Å². The van der Waals surface area contributed by atoms with E-state index in [0.29, 0.717) is 0 Å². The van der Waals surface area contributed by atoms with E-state index in [4.69, 9.17) is 9.84 Å². The van der Waals surface area contributed by atoms with Crippen LogP contribution in [-0.4, -0.2) is 52.0 Å². The van der Waals surface area contributed by atoms with Gasteiger partial charge in [0.1, 0.15) is 11.9 Å². The number of aromatic carboxylic acids is 1. The van der Waals surface area contributed by atoms with Crippen LogP contribution < -0.4 is 4.74 Å². The predicted molar refractivity (Wildman–Crippen MR) is 77.5 cm³/mol. The smallest absolute Gasteiger partial charge is 0.356 e. The van der Waals surface area contributed by atoms with Crippen molar-refractivity contribution in [3.63, 3.8) is 0 Å². The van der Waals surface area contributed by atoms with Crippen LogP contribution >= 0.6 is 0 Å². The normalized spacial score (nSPS) is 15.7. The fraction of sp³-hybridized carbons (Fsp3) is 0.333. The average Bonchev–Trinajstić information content (AvgIpc) is 2.80. The third-order valence-electron chi connectivity index (χ3n) is 3.56. The van der Waals surface area contributed by atoms with Crippen molar-refractivity contribution < 1.29 is 14.6 Å². The molecule has 1 aliphatic rings. The van der Waals surface area contributed by atoms with Crippen molar-refractivity contribution in [2.45, 2.75) is 6.10 Å². The van der Waals surface area contributed by atoms with Gasteiger partial charge in [-0.1, -0.05) is 12.1 Å². The zero-order valence-corrected chi connectivity index (χ0v) is 12.0. The Morgan fingerprint density at radius 1 is 1.33 bits per heavy atom. The summed E-state index contributed by atoms with van der Waals surface area (Å²) in [5.74, 6) is -0.231. The van der Waals surface area contributed by atoms with E-state index in [-0.39, 0.29) is 11.8 Å². The summed E-state index contributed by atoms with van der Waals surface area (Å²) in [4.78, 5) is 13.2. The Morgan fingerprint density at radius 3 is 2.71 bits per heavy atom. The van der Waals surface area contributed by atoms with Crippen molar-refractivity contribution in [2.24, 2.45) is 7.05 Å². The van der Waals surface area contributed by atoms with E-state index >= 15 is 0 Å². The molecule has 0 radical (unpaired) electrons. The average molecular weight is 287 g/mol. The number of carboxylic acids is 1. The van der Waals surface area contributed by atoms with Gasteiger partial charge in [0.2, 0.25) is 0 Å². The number of ether oxygens (including phenoxy) is 1. The number of aryl methyl sites for hydroxylation is 1. The number of likely N-dealkylation sites (N-methyl/N-ethyl adjacent to an activating group) is 1. The molecular formula is C15H17N3O3. The molecule has 1 aromatic carbocycles. The lowest BCUT2D eigenvalue weighted by atomic mass is 10.1. The molecule has 0 bridgehead atoms. The zero-order valence-electron chi connectivity index (χ0n) is 12.0. The first kappa shape index (κ1) is 13.6. The molecule has 6 heteroatoms. The molecule has 1 aromatic heterocycles. The van der Waals surface area contributed by atoms with Gasteiger partial charge < -0.3 is 9.84 Å². The summed E-state index contributed by atoms with van der Waals surface area (Å²) in [5.41, 5.74) is 1.69. The molecule has 1 saturated heterocycles. The van der Waals surface area contributed by atoms with Crippen LogP contribution in [0, 0.1) is 0 Å². The van der Waals surface area contributed by atoms with Gasteiger partial charge in [0.15, 0.2) is 5.69 Å². The number of aromatic nitrogens is 2. The van der Waals surface area contributed by atoms with Gasteiger partial charge in [-0.3, -0.25) is 9.58 Å². The summed E-state index contributed by atoms with van der Waals surface area (Å²) in [6.07, 6.45) is 0.228. The maximum absolute atomic E-state index is 11.0. The highest BCUT2D eigenvalue weighted by molar-refractivity contribution is 5.87. The molecule has 2 aromatic rings. The van der Waals surface area contributed by atoms with Gasteiger partial charge in [-0.2, -0.15) is 5.10 Å². The van der Waals surface area contributed by atoms with Crippen LogP contribution in [-0.2, 0) is 7.05 Å². The minimum Gasteiger partial charge on any atom is -0.488 e. The van der Waals surface area contributed by atoms with Crippen molar-refractivity contribution in [3.8, 4) is 17.0 Å². The van der Waals surface area contributed by atoms with Gasteiger partial charge in [0.25, 0.3) is 0 Å². The summed E-state index contributed by atoms with van der Waals surface area (Å²) in [6.45, 7) is 1.86. The third kappa shape index (κ3) is 2.75. The first-order valence-electron chi connectivity index (χ1n) is 6.76. The molecule has 0 unspecified atom stereocenters. The number of hydrogen-bond donors (Lipinski definition) is 1. The predicted octanol–water partition coefficient (Wildman–Crippen LogP) is 1.48. The van der Waals surface area contributed by atoms with Crippen molar-refractivity contribution in [1.82, 2.24) is 14.7 Å². The molecule has 0 aliphatic carbocycles. The molecule has 1 N–H and O–H groups in total. The van der Waals surface area contributed by atoms with E-state index in [1.165, 1.54) is 0 Å². The van der Waals surface area contributed by atoms with Crippen molar-refractivity contribution in [3.05, 3.63) is 36.0 Å². The second kappa shape index (κ2) is 5.21. The lowest BCUT2D eigenvalue weighted by Gasteiger charge is -2.36. The number of likely N-dealkylation sites (tertiary alicyclic amines) is 1. The molecule has 0 amide bonds. The highest BCUT2D eigenvalue weighted by atomic mass is 16.5. The second-order valence-corrected chi connectivity index (χ2v) is 5.33. The standard InChI is InChI=1S/C15H17N3O3/c1-17-8-12(9-17)21-11-5-3-4-10(6-11)14-7-13(15(19)20)16-18(14)2/h3-7,12H,8-9H2,1-2H3,(H,19,20). The van der Waals surface area contributed by atoms with Crippen LogP contribution in [0.25, 0.3) is 11.3 Å². The van der Waals surface area contributed by atoms with Crippen molar-refractivity contribution in [2.75, 3.05) is 20.1 Å². The zero-order chi connectivity index (χ0) is 15.0. The van der Waals surface area contributed by atoms with E-state index in [0.717, 1.165) is 30.1 Å². The largest absolute Gasteiger partial charge is 0.488 e. The lowest BCUT2D eigenvalue weighted by Crippen LogP contribution is -2.51. The van der Waals surface area contributed by atoms with Gasteiger partial charge in [-0.25, -0.2) is 4.79 Å². The van der Waals surface area contributed by atoms with Crippen LogP contribution in [0.1, 0.15) is 10.5 Å². The number of carboxylic acid groups (broad SMARTS) is 1. The number of carbonyl (C=O) groups is 1. The van der Waals surface area contributed by atoms with Gasteiger partial charge in [-0.15, -0.1) is 0 Å². The molecule has 1 fully saturated rings. The molecule has 0 spiro atoms. The Balaban J connectivity index is 1.83. The van der Waals surface area contributed by atoms with E-state index in [9.17, 15) is 4.79 Å². The molecule has 110 valence electrons. The highest BCUT2D eigenvalue weighted by Crippen LogP contribution is 2.26. The van der Waals surface area contributed by atoms with Crippen LogP contribution in [0.4, 0.5) is 0 Å². The Hall–Kier alpha value is -2.34. The molecule has 21 heavy (non-hydrogen) atoms. The Morgan fingerprint density at radius 2 is 2.10 bits per heavy atom. The Labute approximate surface area is 122 Å². The summed E-state index contributed by atoms with van der Waals surface area (Å²) < 4.78 is 7.46. The molecule has 6 nitrogen and oxygen atoms in total. The van der Waals surface area contributed by atoms with E-state index < -0.39 is 5.97 Å². The summed E-state index contributed by atoms with van der Waals surface area (Å²) in [6, 6.07) is 9.22. The lowest BCUT2D eigenvalue weighted by molar-refractivity contribution is 0.0389. The van der Waals surface area contributed by atoms with Crippen molar-refractivity contribution in [1.29, 1.82) is 0 Å². The van der Waals surface area contributed by atoms with E-state index in [1.54, 1.807) is 17.8 Å². The first-order chi connectivity index (χ1) is 10.0. The summed E-state index contributed by atoms with van der Waals surface area (Å²) in [5, 5.41) is 13.0. The fourth-order valence-corrected chi connectivity index (χ4v) is 2.48. The maximum atomic E-state index is 11.0. The molecule has 3 rings (SSSR count). The summed E-state index contributed by atoms with van der Waals surface area (Å²) >= 11 is 0. The van der Waals surface area contributed by atoms with Gasteiger partial charge in [-0.05, 0) is 25.2 Å². The van der Waals surface area contributed by atoms with Crippen LogP contribution in [0.2, 0.25) is 0 Å².